The van der Waals surface area contributed by atoms with Crippen molar-refractivity contribution in [1.82, 2.24) is 14.9 Å². The van der Waals surface area contributed by atoms with Crippen molar-refractivity contribution in [2.45, 2.75) is 39.8 Å². The minimum atomic E-state index is -0.0494. The maximum atomic E-state index is 12.7. The first kappa shape index (κ1) is 23.8. The number of carbonyl (C=O) groups is 1. The Bertz CT molecular complexity index is 1010. The predicted molar refractivity (Wildman–Crippen MR) is 127 cm³/mol. The van der Waals surface area contributed by atoms with Gasteiger partial charge in [-0.05, 0) is 43.7 Å². The minimum absolute atomic E-state index is 0.0494. The summed E-state index contributed by atoms with van der Waals surface area (Å²) in [4.78, 5) is 17.5. The molecule has 0 spiro atoms. The van der Waals surface area contributed by atoms with Crippen molar-refractivity contribution in [2.24, 2.45) is 0 Å². The summed E-state index contributed by atoms with van der Waals surface area (Å²) >= 11 is 1.54. The fourth-order valence-electron chi connectivity index (χ4n) is 3.34. The van der Waals surface area contributed by atoms with Crippen LogP contribution in [0.3, 0.4) is 0 Å². The molecule has 1 N–H and O–H groups in total. The number of unbranched alkanes of at least 4 members (excludes halogenated alkanes) is 1. The van der Waals surface area contributed by atoms with Crippen LogP contribution in [0.5, 0.6) is 11.5 Å². The average Bonchev–Trinajstić information content (AvgIpc) is 3.41. The van der Waals surface area contributed by atoms with Gasteiger partial charge in [0.25, 0.3) is 5.91 Å². The second-order valence-corrected chi connectivity index (χ2v) is 8.32. The van der Waals surface area contributed by atoms with E-state index in [0.29, 0.717) is 31.9 Å². The van der Waals surface area contributed by atoms with Crippen molar-refractivity contribution in [3.05, 3.63) is 52.0 Å². The third-order valence-electron chi connectivity index (χ3n) is 5.18. The fraction of sp³-hybridized carbons (Fsp3) is 0.417. The Labute approximate surface area is 193 Å². The zero-order chi connectivity index (χ0) is 22.9. The van der Waals surface area contributed by atoms with Gasteiger partial charge in [-0.2, -0.15) is 0 Å². The minimum Gasteiger partial charge on any atom is -0.497 e. The number of methoxy groups -OCH3 is 2. The van der Waals surface area contributed by atoms with E-state index >= 15 is 0 Å². The van der Waals surface area contributed by atoms with Gasteiger partial charge in [-0.1, -0.05) is 13.3 Å². The topological polar surface area (TPSA) is 74.6 Å². The Balaban J connectivity index is 1.77. The summed E-state index contributed by atoms with van der Waals surface area (Å²) in [5.41, 5.74) is 3.33. The quantitative estimate of drug-likeness (QED) is 0.400. The highest BCUT2D eigenvalue weighted by Crippen LogP contribution is 2.28. The van der Waals surface area contributed by atoms with E-state index in [1.54, 1.807) is 14.2 Å². The number of ether oxygens (including phenoxy) is 3. The molecule has 3 rings (SSSR count). The Kier molecular flexibility index (Phi) is 8.70. The number of amides is 1. The Morgan fingerprint density at radius 3 is 2.62 bits per heavy atom. The number of aromatic nitrogens is 2. The molecule has 1 aromatic carbocycles. The van der Waals surface area contributed by atoms with Gasteiger partial charge >= 0.3 is 0 Å². The van der Waals surface area contributed by atoms with Crippen LogP contribution in [0.1, 0.15) is 40.8 Å². The highest BCUT2D eigenvalue weighted by atomic mass is 32.1. The van der Waals surface area contributed by atoms with Gasteiger partial charge in [0.2, 0.25) is 0 Å². The number of hydrogen-bond acceptors (Lipinski definition) is 6. The van der Waals surface area contributed by atoms with Crippen molar-refractivity contribution in [2.75, 3.05) is 27.4 Å². The molecular weight excluding hydrogens is 426 g/mol. The maximum Gasteiger partial charge on any atom is 0.253 e. The Morgan fingerprint density at radius 1 is 1.19 bits per heavy atom. The molecule has 32 heavy (non-hydrogen) atoms. The second kappa shape index (κ2) is 11.7. The molecule has 0 aliphatic heterocycles. The van der Waals surface area contributed by atoms with Crippen molar-refractivity contribution < 1.29 is 19.0 Å². The smallest absolute Gasteiger partial charge is 0.253 e. The van der Waals surface area contributed by atoms with Gasteiger partial charge in [-0.3, -0.25) is 4.79 Å². The molecule has 3 aromatic rings. The molecular formula is C24H31N3O4S. The summed E-state index contributed by atoms with van der Waals surface area (Å²) in [5.74, 6) is 1.50. The van der Waals surface area contributed by atoms with Crippen LogP contribution in [0, 0.1) is 6.92 Å². The SMILES string of the molecule is CCCCNC(=O)c1cc(-c2csc(COc3ccc(OC)cc3)n2)n(CCOC)c1C. The zero-order valence-electron chi connectivity index (χ0n) is 19.1. The molecule has 7 nitrogen and oxygen atoms in total. The van der Waals surface area contributed by atoms with Crippen LogP contribution < -0.4 is 14.8 Å². The lowest BCUT2D eigenvalue weighted by molar-refractivity contribution is 0.0952. The van der Waals surface area contributed by atoms with Crippen LogP contribution in [-0.2, 0) is 17.9 Å². The Morgan fingerprint density at radius 2 is 1.94 bits per heavy atom. The molecule has 0 radical (unpaired) electrons. The van der Waals surface area contributed by atoms with Crippen LogP contribution in [0.25, 0.3) is 11.4 Å². The van der Waals surface area contributed by atoms with Crippen LogP contribution >= 0.6 is 11.3 Å². The molecule has 0 aliphatic rings. The van der Waals surface area contributed by atoms with Gasteiger partial charge in [0.1, 0.15) is 23.1 Å². The molecule has 2 aromatic heterocycles. The van der Waals surface area contributed by atoms with E-state index in [0.717, 1.165) is 46.4 Å². The van der Waals surface area contributed by atoms with E-state index in [1.165, 1.54) is 11.3 Å². The number of nitrogens with zero attached hydrogens (tertiary/aromatic N) is 2. The van der Waals surface area contributed by atoms with E-state index in [2.05, 4.69) is 16.8 Å². The average molecular weight is 458 g/mol. The molecule has 172 valence electrons. The summed E-state index contributed by atoms with van der Waals surface area (Å²) in [7, 11) is 3.31. The lowest BCUT2D eigenvalue weighted by atomic mass is 10.2. The van der Waals surface area contributed by atoms with E-state index in [1.807, 2.05) is 42.6 Å². The first-order valence-electron chi connectivity index (χ1n) is 10.8. The number of carbonyl (C=O) groups excluding carboxylic acids is 1. The predicted octanol–water partition coefficient (Wildman–Crippen LogP) is 4.68. The molecule has 0 unspecified atom stereocenters. The number of nitrogens with one attached hydrogen (secondary N) is 1. The lowest BCUT2D eigenvalue weighted by Gasteiger charge is -2.10. The van der Waals surface area contributed by atoms with E-state index in [-0.39, 0.29) is 5.91 Å². The van der Waals surface area contributed by atoms with Gasteiger partial charge in [0, 0.05) is 31.3 Å². The summed E-state index contributed by atoms with van der Waals surface area (Å²) < 4.78 is 18.4. The van der Waals surface area contributed by atoms with Gasteiger partial charge in [-0.25, -0.2) is 4.98 Å². The number of rotatable bonds is 12. The summed E-state index contributed by atoms with van der Waals surface area (Å²) in [6.07, 6.45) is 2.01. The number of hydrogen-bond donors (Lipinski definition) is 1. The lowest BCUT2D eigenvalue weighted by Crippen LogP contribution is -2.24. The van der Waals surface area contributed by atoms with E-state index < -0.39 is 0 Å². The maximum absolute atomic E-state index is 12.7. The molecule has 0 aliphatic carbocycles. The van der Waals surface area contributed by atoms with E-state index in [9.17, 15) is 4.79 Å². The van der Waals surface area contributed by atoms with Crippen molar-refractivity contribution in [3.8, 4) is 22.9 Å². The molecule has 0 saturated heterocycles. The van der Waals surface area contributed by atoms with Gasteiger partial charge in [0.15, 0.2) is 0 Å². The highest BCUT2D eigenvalue weighted by molar-refractivity contribution is 7.09. The zero-order valence-corrected chi connectivity index (χ0v) is 20.0. The normalized spacial score (nSPS) is 10.9. The van der Waals surface area contributed by atoms with Crippen molar-refractivity contribution in [1.29, 1.82) is 0 Å². The molecule has 8 heteroatoms. The fourth-order valence-corrected chi connectivity index (χ4v) is 4.04. The first-order valence-corrected chi connectivity index (χ1v) is 11.6. The second-order valence-electron chi connectivity index (χ2n) is 7.37. The van der Waals surface area contributed by atoms with Crippen LogP contribution in [0.4, 0.5) is 0 Å². The van der Waals surface area contributed by atoms with Crippen LogP contribution in [0.2, 0.25) is 0 Å². The van der Waals surface area contributed by atoms with Crippen molar-refractivity contribution in [3.63, 3.8) is 0 Å². The standard InChI is InChI=1S/C24H31N3O4S/c1-5-6-11-25-24(28)20-14-22(27(17(20)2)12-13-29-3)21-16-32-23(26-21)15-31-19-9-7-18(30-4)8-10-19/h7-10,14,16H,5-6,11-13,15H2,1-4H3,(H,25,28). The highest BCUT2D eigenvalue weighted by Gasteiger charge is 2.20. The largest absolute Gasteiger partial charge is 0.497 e. The number of thiazole rings is 1. The first-order chi connectivity index (χ1) is 15.6. The third kappa shape index (κ3) is 5.89. The third-order valence-corrected chi connectivity index (χ3v) is 6.00. The van der Waals surface area contributed by atoms with Gasteiger partial charge in [-0.15, -0.1) is 11.3 Å². The molecule has 0 fully saturated rings. The molecule has 2 heterocycles. The monoisotopic (exact) mass is 457 g/mol. The molecule has 1 amide bonds. The van der Waals surface area contributed by atoms with Gasteiger partial charge < -0.3 is 24.1 Å². The molecule has 0 atom stereocenters. The number of benzene rings is 1. The van der Waals surface area contributed by atoms with Crippen LogP contribution in [0.15, 0.2) is 35.7 Å². The van der Waals surface area contributed by atoms with E-state index in [4.69, 9.17) is 19.2 Å². The summed E-state index contributed by atoms with van der Waals surface area (Å²) in [6.45, 7) is 6.32. The van der Waals surface area contributed by atoms with Crippen LogP contribution in [-0.4, -0.2) is 42.8 Å². The Hall–Kier alpha value is -2.84. The van der Waals surface area contributed by atoms with Crippen molar-refractivity contribution >= 4 is 17.2 Å². The summed E-state index contributed by atoms with van der Waals surface area (Å²) in [5, 5.41) is 5.88. The summed E-state index contributed by atoms with van der Waals surface area (Å²) in [6, 6.07) is 9.39. The van der Waals surface area contributed by atoms with Gasteiger partial charge in [0.05, 0.1) is 30.7 Å². The molecule has 0 bridgehead atoms. The molecule has 0 saturated carbocycles.